The van der Waals surface area contributed by atoms with Crippen molar-refractivity contribution in [3.8, 4) is 34.5 Å². The van der Waals surface area contributed by atoms with Gasteiger partial charge in [-0.1, -0.05) is 26.0 Å². The Morgan fingerprint density at radius 3 is 1.06 bits per heavy atom. The summed E-state index contributed by atoms with van der Waals surface area (Å²) in [7, 11) is 0. The Morgan fingerprint density at radius 2 is 0.758 bits per heavy atom. The molecular weight excluding hydrogens is 420 g/mol. The van der Waals surface area contributed by atoms with E-state index in [2.05, 4.69) is 13.8 Å². The second-order valence-electron chi connectivity index (χ2n) is 7.76. The molecule has 0 unspecified atom stereocenters. The summed E-state index contributed by atoms with van der Waals surface area (Å²) < 4.78 is 36.0. The molecule has 2 rings (SSSR count). The summed E-state index contributed by atoms with van der Waals surface area (Å²) in [6, 6.07) is 8.00. The van der Waals surface area contributed by atoms with Gasteiger partial charge in [0, 0.05) is 16.5 Å². The van der Waals surface area contributed by atoms with E-state index >= 15 is 0 Å². The van der Waals surface area contributed by atoms with E-state index in [0.29, 0.717) is 74.1 Å². The summed E-state index contributed by atoms with van der Waals surface area (Å²) in [5.74, 6) is 3.97. The van der Waals surface area contributed by atoms with E-state index in [0.717, 1.165) is 11.1 Å². The summed E-state index contributed by atoms with van der Waals surface area (Å²) in [6.07, 6.45) is 0. The summed E-state index contributed by atoms with van der Waals surface area (Å²) in [4.78, 5) is 0. The first kappa shape index (κ1) is 26.5. The average Bonchev–Trinajstić information content (AvgIpc) is 2.78. The molecule has 0 aliphatic rings. The minimum atomic E-state index is -0.498. The zero-order valence-corrected chi connectivity index (χ0v) is 21.5. The van der Waals surface area contributed by atoms with Crippen LogP contribution in [0, 0.1) is 0 Å². The molecule has 0 fully saturated rings. The third-order valence-electron chi connectivity index (χ3n) is 5.25. The minimum Gasteiger partial charge on any atom is -0.490 e. The van der Waals surface area contributed by atoms with Gasteiger partial charge in [0.05, 0.1) is 39.6 Å². The lowest BCUT2D eigenvalue weighted by atomic mass is 9.76. The topological polar surface area (TPSA) is 55.4 Å². The molecule has 0 atom stereocenters. The highest BCUT2D eigenvalue weighted by Gasteiger charge is 2.35. The van der Waals surface area contributed by atoms with Crippen molar-refractivity contribution in [2.75, 3.05) is 39.6 Å². The molecule has 184 valence electrons. The maximum atomic E-state index is 6.15. The van der Waals surface area contributed by atoms with Crippen molar-refractivity contribution < 1.29 is 28.4 Å². The van der Waals surface area contributed by atoms with Crippen molar-refractivity contribution >= 4 is 0 Å². The van der Waals surface area contributed by atoms with Gasteiger partial charge in [0.1, 0.15) is 0 Å². The lowest BCUT2D eigenvalue weighted by Gasteiger charge is -2.32. The Balaban J connectivity index is 2.79. The van der Waals surface area contributed by atoms with Crippen LogP contribution in [0.25, 0.3) is 0 Å². The molecule has 6 heteroatoms. The third kappa shape index (κ3) is 5.79. The van der Waals surface area contributed by atoms with Crippen molar-refractivity contribution in [1.29, 1.82) is 0 Å². The van der Waals surface area contributed by atoms with E-state index in [-0.39, 0.29) is 0 Å². The summed E-state index contributed by atoms with van der Waals surface area (Å²) in [5.41, 5.74) is 1.45. The highest BCUT2D eigenvalue weighted by atomic mass is 16.5. The van der Waals surface area contributed by atoms with Gasteiger partial charge < -0.3 is 28.4 Å². The maximum Gasteiger partial charge on any atom is 0.203 e. The van der Waals surface area contributed by atoms with Crippen LogP contribution in [-0.4, -0.2) is 39.6 Å². The van der Waals surface area contributed by atoms with Gasteiger partial charge in [-0.2, -0.15) is 0 Å². The van der Waals surface area contributed by atoms with E-state index in [4.69, 9.17) is 28.4 Å². The van der Waals surface area contributed by atoms with Gasteiger partial charge in [0.15, 0.2) is 23.0 Å². The van der Waals surface area contributed by atoms with Gasteiger partial charge >= 0.3 is 0 Å². The summed E-state index contributed by atoms with van der Waals surface area (Å²) >= 11 is 0. The lowest BCUT2D eigenvalue weighted by molar-refractivity contribution is 0.253. The van der Waals surface area contributed by atoms with Crippen molar-refractivity contribution in [3.63, 3.8) is 0 Å². The van der Waals surface area contributed by atoms with Gasteiger partial charge in [0.2, 0.25) is 11.5 Å². The second kappa shape index (κ2) is 12.5. The Kier molecular flexibility index (Phi) is 10.0. The van der Waals surface area contributed by atoms with E-state index in [9.17, 15) is 0 Å². The standard InChI is InChI=1S/C27H40O6/c1-9-28-21-17-15-19(23(30-11-3)25(21)32-13-5)27(7,8)20-16-18-22(29-10-2)26(33-14-6)24(20)31-12-4/h15-18H,9-14H2,1-8H3. The van der Waals surface area contributed by atoms with Crippen molar-refractivity contribution in [2.45, 2.75) is 60.8 Å². The lowest BCUT2D eigenvalue weighted by Crippen LogP contribution is -2.23. The first-order valence-electron chi connectivity index (χ1n) is 12.0. The van der Waals surface area contributed by atoms with E-state index in [1.54, 1.807) is 0 Å². The van der Waals surface area contributed by atoms with E-state index < -0.39 is 5.41 Å². The van der Waals surface area contributed by atoms with Crippen LogP contribution in [0.2, 0.25) is 0 Å². The predicted octanol–water partition coefficient (Wildman–Crippen LogP) is 6.40. The minimum absolute atomic E-state index is 0.498. The van der Waals surface area contributed by atoms with Gasteiger partial charge in [-0.25, -0.2) is 0 Å². The molecule has 0 saturated heterocycles. The molecular formula is C27H40O6. The van der Waals surface area contributed by atoms with Crippen LogP contribution in [0.3, 0.4) is 0 Å². The van der Waals surface area contributed by atoms with Crippen molar-refractivity contribution in [1.82, 2.24) is 0 Å². The summed E-state index contributed by atoms with van der Waals surface area (Å²) in [6.45, 7) is 19.2. The fraction of sp³-hybridized carbons (Fsp3) is 0.556. The molecule has 0 radical (unpaired) electrons. The number of hydrogen-bond acceptors (Lipinski definition) is 6. The number of rotatable bonds is 14. The van der Waals surface area contributed by atoms with Crippen LogP contribution in [0.4, 0.5) is 0 Å². The zero-order valence-electron chi connectivity index (χ0n) is 21.5. The second-order valence-corrected chi connectivity index (χ2v) is 7.76. The van der Waals surface area contributed by atoms with E-state index in [1.165, 1.54) is 0 Å². The monoisotopic (exact) mass is 460 g/mol. The molecule has 0 N–H and O–H groups in total. The van der Waals surface area contributed by atoms with Gasteiger partial charge in [-0.05, 0) is 53.7 Å². The first-order chi connectivity index (χ1) is 15.9. The normalized spacial score (nSPS) is 11.2. The van der Waals surface area contributed by atoms with E-state index in [1.807, 2.05) is 65.8 Å². The van der Waals surface area contributed by atoms with Crippen LogP contribution in [0.1, 0.15) is 66.5 Å². The van der Waals surface area contributed by atoms with Crippen molar-refractivity contribution in [3.05, 3.63) is 35.4 Å². The fourth-order valence-corrected chi connectivity index (χ4v) is 3.89. The van der Waals surface area contributed by atoms with Crippen molar-refractivity contribution in [2.24, 2.45) is 0 Å². The Labute approximate surface area is 199 Å². The highest BCUT2D eigenvalue weighted by Crippen LogP contribution is 2.51. The highest BCUT2D eigenvalue weighted by molar-refractivity contribution is 5.64. The van der Waals surface area contributed by atoms with Gasteiger partial charge in [0.25, 0.3) is 0 Å². The number of hydrogen-bond donors (Lipinski definition) is 0. The molecule has 6 nitrogen and oxygen atoms in total. The number of ether oxygens (including phenoxy) is 6. The number of benzene rings is 2. The third-order valence-corrected chi connectivity index (χ3v) is 5.25. The van der Waals surface area contributed by atoms with Gasteiger partial charge in [-0.15, -0.1) is 0 Å². The molecule has 0 spiro atoms. The molecule has 0 saturated carbocycles. The molecule has 33 heavy (non-hydrogen) atoms. The summed E-state index contributed by atoms with van der Waals surface area (Å²) in [5, 5.41) is 0. The fourth-order valence-electron chi connectivity index (χ4n) is 3.89. The quantitative estimate of drug-likeness (QED) is 0.325. The molecule has 0 bridgehead atoms. The molecule has 2 aromatic rings. The molecule has 0 heterocycles. The molecule has 0 aliphatic heterocycles. The van der Waals surface area contributed by atoms with Crippen LogP contribution < -0.4 is 28.4 Å². The molecule has 2 aromatic carbocycles. The SMILES string of the molecule is CCOc1ccc(C(C)(C)c2ccc(OCC)c(OCC)c2OCC)c(OCC)c1OCC. The van der Waals surface area contributed by atoms with Crippen LogP contribution in [0.15, 0.2) is 24.3 Å². The largest absolute Gasteiger partial charge is 0.490 e. The van der Waals surface area contributed by atoms with Crippen LogP contribution in [-0.2, 0) is 5.41 Å². The Bertz CT molecular complexity index is 819. The maximum absolute atomic E-state index is 6.15. The Morgan fingerprint density at radius 1 is 0.455 bits per heavy atom. The molecule has 0 amide bonds. The molecule has 0 aliphatic carbocycles. The first-order valence-corrected chi connectivity index (χ1v) is 12.0. The van der Waals surface area contributed by atoms with Gasteiger partial charge in [-0.3, -0.25) is 0 Å². The average molecular weight is 461 g/mol. The predicted molar refractivity (Wildman–Crippen MR) is 132 cm³/mol. The van der Waals surface area contributed by atoms with Crippen LogP contribution >= 0.6 is 0 Å². The molecule has 0 aromatic heterocycles. The smallest absolute Gasteiger partial charge is 0.203 e. The Hall–Kier alpha value is -2.76. The zero-order chi connectivity index (χ0) is 24.4. The van der Waals surface area contributed by atoms with Crippen LogP contribution in [0.5, 0.6) is 34.5 Å².